The number of rotatable bonds is 8. The second-order valence-corrected chi connectivity index (χ2v) is 8.26. The lowest BCUT2D eigenvalue weighted by Gasteiger charge is -2.10. The molecule has 0 aliphatic carbocycles. The maximum atomic E-state index is 11.9. The van der Waals surface area contributed by atoms with Crippen LogP contribution >= 0.6 is 0 Å². The first-order valence-electron chi connectivity index (χ1n) is 8.92. The van der Waals surface area contributed by atoms with Gasteiger partial charge >= 0.3 is 5.97 Å². The van der Waals surface area contributed by atoms with Gasteiger partial charge in [0, 0.05) is 11.1 Å². The summed E-state index contributed by atoms with van der Waals surface area (Å²) < 4.78 is 30.8. The summed E-state index contributed by atoms with van der Waals surface area (Å²) in [6.07, 6.45) is 1.42. The fourth-order valence-corrected chi connectivity index (χ4v) is 3.06. The van der Waals surface area contributed by atoms with Crippen molar-refractivity contribution in [3.63, 3.8) is 0 Å². The summed E-state index contributed by atoms with van der Waals surface area (Å²) in [5.41, 5.74) is 4.27. The standard InChI is InChI=1S/C21H24N2O5S/c1-15-5-8-18(9-6-15)10-11-29(26,27)22-13-21(25)28-14-20(24)23-19-12-16(2)4-7-17(19)3/h4-12,22H,13-14H2,1-3H3,(H,23,24). The third kappa shape index (κ3) is 7.89. The summed E-state index contributed by atoms with van der Waals surface area (Å²) in [5, 5.41) is 3.63. The highest BCUT2D eigenvalue weighted by atomic mass is 32.2. The largest absolute Gasteiger partial charge is 0.455 e. The number of carbonyl (C=O) groups is 2. The Hall–Kier alpha value is -2.97. The molecule has 1 amide bonds. The monoisotopic (exact) mass is 416 g/mol. The van der Waals surface area contributed by atoms with Crippen LogP contribution in [-0.4, -0.2) is 33.4 Å². The molecule has 0 saturated carbocycles. The Morgan fingerprint density at radius 1 is 1.00 bits per heavy atom. The smallest absolute Gasteiger partial charge is 0.321 e. The van der Waals surface area contributed by atoms with E-state index in [0.717, 1.165) is 22.1 Å². The van der Waals surface area contributed by atoms with Gasteiger partial charge in [-0.15, -0.1) is 0 Å². The summed E-state index contributed by atoms with van der Waals surface area (Å²) >= 11 is 0. The molecular formula is C21H24N2O5S. The van der Waals surface area contributed by atoms with Gasteiger partial charge in [0.05, 0.1) is 0 Å². The zero-order valence-corrected chi connectivity index (χ0v) is 17.4. The Morgan fingerprint density at radius 3 is 2.34 bits per heavy atom. The average Bonchev–Trinajstić information content (AvgIpc) is 2.67. The lowest BCUT2D eigenvalue weighted by molar-refractivity contribution is -0.146. The van der Waals surface area contributed by atoms with Crippen LogP contribution in [0.4, 0.5) is 5.69 Å². The van der Waals surface area contributed by atoms with Crippen LogP contribution in [0, 0.1) is 20.8 Å². The van der Waals surface area contributed by atoms with Gasteiger partial charge in [-0.3, -0.25) is 9.59 Å². The third-order valence-corrected chi connectivity index (χ3v) is 5.01. The summed E-state index contributed by atoms with van der Waals surface area (Å²) in [6, 6.07) is 12.9. The highest BCUT2D eigenvalue weighted by Crippen LogP contribution is 2.16. The molecule has 2 aromatic rings. The van der Waals surface area contributed by atoms with E-state index in [1.807, 2.05) is 51.1 Å². The Balaban J connectivity index is 1.79. The first-order valence-corrected chi connectivity index (χ1v) is 10.5. The second-order valence-electron chi connectivity index (χ2n) is 6.61. The second kappa shape index (κ2) is 9.99. The summed E-state index contributed by atoms with van der Waals surface area (Å²) in [6.45, 7) is 4.60. The number of amides is 1. The number of esters is 1. The topological polar surface area (TPSA) is 102 Å². The number of hydrogen-bond donors (Lipinski definition) is 2. The molecule has 7 nitrogen and oxygen atoms in total. The lowest BCUT2D eigenvalue weighted by Crippen LogP contribution is -2.31. The molecule has 154 valence electrons. The number of hydrogen-bond acceptors (Lipinski definition) is 5. The van der Waals surface area contributed by atoms with E-state index in [2.05, 4.69) is 10.0 Å². The zero-order chi connectivity index (χ0) is 21.4. The molecule has 2 rings (SSSR count). The molecule has 0 bridgehead atoms. The fraction of sp³-hybridized carbons (Fsp3) is 0.238. The summed E-state index contributed by atoms with van der Waals surface area (Å²) in [7, 11) is -3.81. The molecule has 0 spiro atoms. The van der Waals surface area contributed by atoms with Crippen LogP contribution in [0.2, 0.25) is 0 Å². The third-order valence-electron chi connectivity index (χ3n) is 3.97. The van der Waals surface area contributed by atoms with E-state index in [-0.39, 0.29) is 0 Å². The zero-order valence-electron chi connectivity index (χ0n) is 16.6. The minimum absolute atomic E-state index is 0.505. The normalized spacial score (nSPS) is 11.4. The van der Waals surface area contributed by atoms with Crippen molar-refractivity contribution in [3.8, 4) is 0 Å². The Morgan fingerprint density at radius 2 is 1.66 bits per heavy atom. The molecule has 8 heteroatoms. The molecule has 2 aromatic carbocycles. The van der Waals surface area contributed by atoms with Gasteiger partial charge in [-0.2, -0.15) is 0 Å². The predicted octanol–water partition coefficient (Wildman–Crippen LogP) is 2.68. The predicted molar refractivity (Wildman–Crippen MR) is 113 cm³/mol. The van der Waals surface area contributed by atoms with E-state index in [9.17, 15) is 18.0 Å². The molecule has 0 aliphatic heterocycles. The summed E-state index contributed by atoms with van der Waals surface area (Å²) in [5.74, 6) is -1.36. The van der Waals surface area contributed by atoms with Crippen LogP contribution in [-0.2, 0) is 24.3 Å². The molecule has 29 heavy (non-hydrogen) atoms. The van der Waals surface area contributed by atoms with Crippen LogP contribution in [0.5, 0.6) is 0 Å². The quantitative estimate of drug-likeness (QED) is 0.644. The van der Waals surface area contributed by atoms with E-state index in [0.29, 0.717) is 11.3 Å². The van der Waals surface area contributed by atoms with E-state index in [4.69, 9.17) is 4.74 Å². The molecule has 0 saturated heterocycles. The SMILES string of the molecule is Cc1ccc(C=CS(=O)(=O)NCC(=O)OCC(=O)Nc2cc(C)ccc2C)cc1. The number of aryl methyl sites for hydroxylation is 3. The fourth-order valence-electron chi connectivity index (χ4n) is 2.31. The lowest BCUT2D eigenvalue weighted by atomic mass is 10.1. The van der Waals surface area contributed by atoms with Gasteiger partial charge in [0.25, 0.3) is 5.91 Å². The van der Waals surface area contributed by atoms with E-state index < -0.39 is 35.1 Å². The van der Waals surface area contributed by atoms with Crippen molar-refractivity contribution in [1.29, 1.82) is 0 Å². The Bertz CT molecular complexity index is 1010. The average molecular weight is 416 g/mol. The van der Waals surface area contributed by atoms with Gasteiger partial charge in [-0.25, -0.2) is 13.1 Å². The van der Waals surface area contributed by atoms with Gasteiger partial charge < -0.3 is 10.1 Å². The molecular weight excluding hydrogens is 392 g/mol. The molecule has 0 heterocycles. The van der Waals surface area contributed by atoms with Crippen LogP contribution in [0.3, 0.4) is 0 Å². The van der Waals surface area contributed by atoms with E-state index in [1.165, 1.54) is 6.08 Å². The summed E-state index contributed by atoms with van der Waals surface area (Å²) in [4.78, 5) is 23.7. The van der Waals surface area contributed by atoms with Crippen LogP contribution in [0.15, 0.2) is 47.9 Å². The van der Waals surface area contributed by atoms with Crippen LogP contribution in [0.25, 0.3) is 6.08 Å². The first kappa shape index (κ1) is 22.3. The van der Waals surface area contributed by atoms with Crippen LogP contribution in [0.1, 0.15) is 22.3 Å². The first-order chi connectivity index (χ1) is 13.6. The Labute approximate surface area is 170 Å². The Kier molecular flexibility index (Phi) is 7.69. The van der Waals surface area contributed by atoms with Gasteiger partial charge in [-0.05, 0) is 49.6 Å². The maximum absolute atomic E-state index is 11.9. The molecule has 0 fully saturated rings. The minimum Gasteiger partial charge on any atom is -0.455 e. The number of benzene rings is 2. The van der Waals surface area contributed by atoms with Gasteiger partial charge in [-0.1, -0.05) is 42.0 Å². The number of carbonyl (C=O) groups excluding carboxylic acids is 2. The molecule has 0 aliphatic rings. The van der Waals surface area contributed by atoms with Gasteiger partial charge in [0.15, 0.2) is 6.61 Å². The molecule has 0 atom stereocenters. The van der Waals surface area contributed by atoms with Crippen molar-refractivity contribution >= 4 is 33.7 Å². The van der Waals surface area contributed by atoms with Gasteiger partial charge in [0.2, 0.25) is 10.0 Å². The molecule has 2 N–H and O–H groups in total. The highest BCUT2D eigenvalue weighted by molar-refractivity contribution is 7.92. The van der Waals surface area contributed by atoms with Gasteiger partial charge in [0.1, 0.15) is 6.54 Å². The van der Waals surface area contributed by atoms with E-state index in [1.54, 1.807) is 12.1 Å². The van der Waals surface area contributed by atoms with Crippen LogP contribution < -0.4 is 10.0 Å². The van der Waals surface area contributed by atoms with Crippen molar-refractivity contribution < 1.29 is 22.7 Å². The maximum Gasteiger partial charge on any atom is 0.321 e. The molecule has 0 unspecified atom stereocenters. The minimum atomic E-state index is -3.81. The molecule has 0 radical (unpaired) electrons. The van der Waals surface area contributed by atoms with Crippen molar-refractivity contribution in [2.75, 3.05) is 18.5 Å². The molecule has 0 aromatic heterocycles. The van der Waals surface area contributed by atoms with Crippen molar-refractivity contribution in [1.82, 2.24) is 4.72 Å². The van der Waals surface area contributed by atoms with Crippen molar-refractivity contribution in [3.05, 3.63) is 70.1 Å². The highest BCUT2D eigenvalue weighted by Gasteiger charge is 2.12. The van der Waals surface area contributed by atoms with E-state index >= 15 is 0 Å². The van der Waals surface area contributed by atoms with Crippen molar-refractivity contribution in [2.45, 2.75) is 20.8 Å². The number of sulfonamides is 1. The number of nitrogens with one attached hydrogen (secondary N) is 2. The van der Waals surface area contributed by atoms with Crippen molar-refractivity contribution in [2.24, 2.45) is 0 Å². The number of anilines is 1. The number of ether oxygens (including phenoxy) is 1.